The normalized spacial score (nSPS) is 24.0. The summed E-state index contributed by atoms with van der Waals surface area (Å²) in [5.41, 5.74) is 0. The minimum atomic E-state index is -5.73. The van der Waals surface area contributed by atoms with Gasteiger partial charge in [-0.15, -0.1) is 0 Å². The van der Waals surface area contributed by atoms with Crippen molar-refractivity contribution in [1.29, 1.82) is 0 Å². The average Bonchev–Trinajstić information content (AvgIpc) is 2.25. The fourth-order valence-electron chi connectivity index (χ4n) is 1.34. The lowest BCUT2D eigenvalue weighted by atomic mass is 9.81. The molecule has 1 aliphatic rings. The molecular formula is C11H17ClF7O2P. The summed E-state index contributed by atoms with van der Waals surface area (Å²) in [5, 5.41) is -5.00. The van der Waals surface area contributed by atoms with Gasteiger partial charge in [-0.1, -0.05) is 11.6 Å². The van der Waals surface area contributed by atoms with Gasteiger partial charge in [0.05, 0.1) is 12.2 Å². The highest BCUT2D eigenvalue weighted by molar-refractivity contribution is 7.46. The highest BCUT2D eigenvalue weighted by Crippen LogP contribution is 2.70. The summed E-state index contributed by atoms with van der Waals surface area (Å²) in [6.45, 7) is 10.0. The molecule has 11 heteroatoms. The van der Waals surface area contributed by atoms with Crippen molar-refractivity contribution in [2.45, 2.75) is 62.8 Å². The summed E-state index contributed by atoms with van der Waals surface area (Å²) >= 11 is 3.93. The first kappa shape index (κ1) is 22.1. The molecule has 134 valence electrons. The van der Waals surface area contributed by atoms with Crippen LogP contribution in [0.25, 0.3) is 0 Å². The molecular weight excluding hydrogens is 364 g/mol. The molecule has 0 unspecified atom stereocenters. The van der Waals surface area contributed by atoms with E-state index in [0.29, 0.717) is 0 Å². The lowest BCUT2D eigenvalue weighted by Gasteiger charge is -2.50. The number of rotatable bonds is 4. The van der Waals surface area contributed by atoms with E-state index in [9.17, 15) is 30.7 Å². The number of hydrogen-bond acceptors (Lipinski definition) is 2. The highest BCUT2D eigenvalue weighted by Gasteiger charge is 3.00. The van der Waals surface area contributed by atoms with Gasteiger partial charge in [-0.2, -0.15) is 26.3 Å². The van der Waals surface area contributed by atoms with Crippen molar-refractivity contribution in [2.75, 3.05) is 6.66 Å². The monoisotopic (exact) mass is 380 g/mol. The number of alkyl halides is 8. The summed E-state index contributed by atoms with van der Waals surface area (Å²) in [6, 6.07) is 0. The minimum Gasteiger partial charge on any atom is -0.331 e. The van der Waals surface area contributed by atoms with Crippen LogP contribution in [-0.4, -0.2) is 41.8 Å². The Hall–Kier alpha value is 0.150. The third kappa shape index (κ3) is 3.79. The molecule has 2 nitrogen and oxygen atoms in total. The first-order valence-corrected chi connectivity index (χ1v) is 8.11. The van der Waals surface area contributed by atoms with Crippen molar-refractivity contribution in [1.82, 2.24) is 0 Å². The SMILES string of the molecule is CC(C)OP(C)OC(C)C.FC1(F)C(F)(F)C(F)(Cl)C1(F)F. The van der Waals surface area contributed by atoms with E-state index in [0.717, 1.165) is 0 Å². The van der Waals surface area contributed by atoms with E-state index in [-0.39, 0.29) is 12.2 Å². The van der Waals surface area contributed by atoms with Crippen LogP contribution in [0.2, 0.25) is 0 Å². The van der Waals surface area contributed by atoms with Gasteiger partial charge < -0.3 is 9.05 Å². The van der Waals surface area contributed by atoms with Crippen LogP contribution in [0.5, 0.6) is 0 Å². The van der Waals surface area contributed by atoms with Gasteiger partial charge in [-0.3, -0.25) is 0 Å². The maximum Gasteiger partial charge on any atom is 0.381 e. The zero-order valence-corrected chi connectivity index (χ0v) is 14.1. The molecule has 0 aliphatic heterocycles. The molecule has 0 N–H and O–H groups in total. The second-order valence-electron chi connectivity index (χ2n) is 5.05. The van der Waals surface area contributed by atoms with Crippen molar-refractivity contribution < 1.29 is 39.8 Å². The summed E-state index contributed by atoms with van der Waals surface area (Å²) in [4.78, 5) is 0. The molecule has 0 atom stereocenters. The Morgan fingerprint density at radius 1 is 0.727 bits per heavy atom. The topological polar surface area (TPSA) is 18.5 Å². The Kier molecular flexibility index (Phi) is 7.00. The van der Waals surface area contributed by atoms with Gasteiger partial charge in [0.25, 0.3) is 0 Å². The van der Waals surface area contributed by atoms with Gasteiger partial charge in [0, 0.05) is 6.66 Å². The van der Waals surface area contributed by atoms with Gasteiger partial charge in [0.1, 0.15) is 0 Å². The van der Waals surface area contributed by atoms with Crippen LogP contribution in [0.3, 0.4) is 0 Å². The van der Waals surface area contributed by atoms with E-state index in [1.165, 1.54) is 0 Å². The number of halogens is 8. The second kappa shape index (κ2) is 6.95. The molecule has 0 aromatic rings. The summed E-state index contributed by atoms with van der Waals surface area (Å²) in [6.07, 6.45) is 0.546. The molecule has 1 aliphatic carbocycles. The van der Waals surface area contributed by atoms with Gasteiger partial charge >= 0.3 is 22.9 Å². The summed E-state index contributed by atoms with van der Waals surface area (Å²) < 4.78 is 93.8. The largest absolute Gasteiger partial charge is 0.381 e. The smallest absolute Gasteiger partial charge is 0.331 e. The average molecular weight is 381 g/mol. The Labute approximate surface area is 130 Å². The Morgan fingerprint density at radius 3 is 1.14 bits per heavy atom. The highest BCUT2D eigenvalue weighted by atomic mass is 35.5. The maximum atomic E-state index is 12.0. The fourth-order valence-corrected chi connectivity index (χ4v) is 2.82. The lowest BCUT2D eigenvalue weighted by molar-refractivity contribution is -0.448. The van der Waals surface area contributed by atoms with Gasteiger partial charge in [-0.25, -0.2) is 4.39 Å². The maximum absolute atomic E-state index is 12.0. The van der Waals surface area contributed by atoms with E-state index in [1.807, 2.05) is 34.4 Å². The first-order valence-electron chi connectivity index (χ1n) is 6.11. The zero-order valence-electron chi connectivity index (χ0n) is 12.4. The zero-order chi connectivity index (χ0) is 18.1. The third-order valence-corrected chi connectivity index (χ3v) is 4.21. The van der Waals surface area contributed by atoms with Crippen LogP contribution >= 0.6 is 20.0 Å². The molecule has 0 saturated heterocycles. The van der Waals surface area contributed by atoms with Crippen molar-refractivity contribution in [3.63, 3.8) is 0 Å². The molecule has 0 bridgehead atoms. The van der Waals surface area contributed by atoms with Crippen molar-refractivity contribution in [3.8, 4) is 0 Å². The van der Waals surface area contributed by atoms with Gasteiger partial charge in [-0.05, 0) is 27.7 Å². The third-order valence-electron chi connectivity index (χ3n) is 2.30. The fraction of sp³-hybridized carbons (Fsp3) is 1.00. The van der Waals surface area contributed by atoms with Gasteiger partial charge in [0.2, 0.25) is 0 Å². The second-order valence-corrected chi connectivity index (χ2v) is 6.87. The molecule has 0 amide bonds. The van der Waals surface area contributed by atoms with Crippen molar-refractivity contribution >= 4 is 20.0 Å². The van der Waals surface area contributed by atoms with Crippen LogP contribution in [0.1, 0.15) is 27.7 Å². The van der Waals surface area contributed by atoms with E-state index in [2.05, 4.69) is 11.6 Å². The Bertz CT molecular complexity index is 303. The Morgan fingerprint density at radius 2 is 1.00 bits per heavy atom. The van der Waals surface area contributed by atoms with Crippen molar-refractivity contribution in [3.05, 3.63) is 0 Å². The van der Waals surface area contributed by atoms with Crippen LogP contribution in [0, 0.1) is 0 Å². The molecule has 0 spiro atoms. The van der Waals surface area contributed by atoms with E-state index in [4.69, 9.17) is 9.05 Å². The minimum absolute atomic E-state index is 0.273. The molecule has 1 saturated carbocycles. The Balaban J connectivity index is 0.000000409. The van der Waals surface area contributed by atoms with Crippen LogP contribution in [0.15, 0.2) is 0 Å². The standard InChI is InChI=1S/C7H17O2P.C4ClF7/c1-6(2)8-10(5)9-7(3)4;5-1(6)2(7,8)4(11,12)3(1,9)10/h6-7H,1-5H3;. The predicted molar refractivity (Wildman–Crippen MR) is 69.8 cm³/mol. The van der Waals surface area contributed by atoms with Crippen LogP contribution < -0.4 is 0 Å². The quantitative estimate of drug-likeness (QED) is 0.360. The molecule has 0 aromatic carbocycles. The van der Waals surface area contributed by atoms with E-state index in [1.54, 1.807) is 0 Å². The lowest BCUT2D eigenvalue weighted by Crippen LogP contribution is -2.82. The molecule has 0 radical (unpaired) electrons. The molecule has 0 aromatic heterocycles. The van der Waals surface area contributed by atoms with Crippen LogP contribution in [0.4, 0.5) is 30.7 Å². The molecule has 1 rings (SSSR count). The number of hydrogen-bond donors (Lipinski definition) is 0. The van der Waals surface area contributed by atoms with E-state index >= 15 is 0 Å². The van der Waals surface area contributed by atoms with Crippen molar-refractivity contribution in [2.24, 2.45) is 0 Å². The van der Waals surface area contributed by atoms with E-state index < -0.39 is 31.3 Å². The predicted octanol–water partition coefficient (Wildman–Crippen LogP) is 5.59. The van der Waals surface area contributed by atoms with Gasteiger partial charge in [0.15, 0.2) is 8.38 Å². The molecule has 1 fully saturated rings. The summed E-state index contributed by atoms with van der Waals surface area (Å²) in [5.74, 6) is -16.8. The van der Waals surface area contributed by atoms with Crippen LogP contribution in [-0.2, 0) is 9.05 Å². The first-order chi connectivity index (χ1) is 9.52. The summed E-state index contributed by atoms with van der Waals surface area (Å²) in [7, 11) is -0.659. The molecule has 22 heavy (non-hydrogen) atoms. The molecule has 0 heterocycles.